The van der Waals surface area contributed by atoms with Gasteiger partial charge in [-0.3, -0.25) is 0 Å². The highest BCUT2D eigenvalue weighted by Gasteiger charge is 2.26. The molecule has 0 saturated heterocycles. The normalized spacial score (nSPS) is 14.3. The Hall–Kier alpha value is -0.580. The molecule has 0 aliphatic rings. The van der Waals surface area contributed by atoms with Crippen molar-refractivity contribution >= 4 is 6.29 Å². The predicted octanol–water partition coefficient (Wildman–Crippen LogP) is 1.51. The quantitative estimate of drug-likeness (QED) is 0.654. The number of carbonyl (C=O) groups excluding carboxylic acids is 1. The Balaban J connectivity index is 3.48. The summed E-state index contributed by atoms with van der Waals surface area (Å²) in [5, 5.41) is 2.60. The van der Waals surface area contributed by atoms with Crippen LogP contribution in [0.3, 0.4) is 0 Å². The maximum Gasteiger partial charge on any atom is 0.389 e. The average molecular weight is 183 g/mol. The minimum atomic E-state index is -4.11. The van der Waals surface area contributed by atoms with Crippen molar-refractivity contribution in [3.8, 4) is 0 Å². The lowest BCUT2D eigenvalue weighted by Crippen LogP contribution is -2.26. The van der Waals surface area contributed by atoms with Crippen LogP contribution in [0.5, 0.6) is 0 Å². The highest BCUT2D eigenvalue weighted by molar-refractivity contribution is 5.57. The molecular formula is C7H12F3NO. The molecule has 0 radical (unpaired) electrons. The van der Waals surface area contributed by atoms with E-state index in [1.165, 1.54) is 0 Å². The molecule has 0 heterocycles. The Morgan fingerprint density at radius 2 is 2.08 bits per heavy atom. The van der Waals surface area contributed by atoms with Gasteiger partial charge in [-0.05, 0) is 19.9 Å². The minimum Gasteiger partial charge on any atom is -0.311 e. The van der Waals surface area contributed by atoms with E-state index in [9.17, 15) is 18.0 Å². The van der Waals surface area contributed by atoms with Gasteiger partial charge in [-0.1, -0.05) is 0 Å². The van der Waals surface area contributed by atoms with Crippen molar-refractivity contribution in [2.75, 3.05) is 7.05 Å². The molecule has 1 N–H and O–H groups in total. The number of hydrogen-bond donors (Lipinski definition) is 1. The number of alkyl halides is 3. The molecule has 0 rings (SSSR count). The summed E-state index contributed by atoms with van der Waals surface area (Å²) in [6, 6.07) is -0.452. The van der Waals surface area contributed by atoms with Gasteiger partial charge in [0.1, 0.15) is 6.29 Å². The third kappa shape index (κ3) is 6.15. The largest absolute Gasteiger partial charge is 0.389 e. The topological polar surface area (TPSA) is 29.1 Å². The van der Waals surface area contributed by atoms with E-state index in [1.54, 1.807) is 7.05 Å². The maximum atomic E-state index is 11.6. The molecule has 0 aliphatic carbocycles. The van der Waals surface area contributed by atoms with Crippen LogP contribution in [0.1, 0.15) is 19.3 Å². The van der Waals surface area contributed by atoms with E-state index in [4.69, 9.17) is 0 Å². The molecule has 12 heavy (non-hydrogen) atoms. The van der Waals surface area contributed by atoms with Gasteiger partial charge in [0, 0.05) is 6.42 Å². The summed E-state index contributed by atoms with van der Waals surface area (Å²) in [7, 11) is 1.55. The van der Waals surface area contributed by atoms with E-state index in [0.29, 0.717) is 6.29 Å². The van der Waals surface area contributed by atoms with Crippen LogP contribution in [0.2, 0.25) is 0 Å². The third-order valence-corrected chi connectivity index (χ3v) is 1.51. The molecule has 0 aliphatic heterocycles. The number of hydrogen-bond acceptors (Lipinski definition) is 2. The highest BCUT2D eigenvalue weighted by Crippen LogP contribution is 2.22. The molecule has 0 amide bonds. The number of carbonyl (C=O) groups is 1. The van der Waals surface area contributed by atoms with E-state index in [1.807, 2.05) is 0 Å². The van der Waals surface area contributed by atoms with E-state index < -0.39 is 18.6 Å². The lowest BCUT2D eigenvalue weighted by molar-refractivity contribution is -0.136. The summed E-state index contributed by atoms with van der Waals surface area (Å²) >= 11 is 0. The monoisotopic (exact) mass is 183 g/mol. The highest BCUT2D eigenvalue weighted by atomic mass is 19.4. The van der Waals surface area contributed by atoms with Crippen molar-refractivity contribution in [1.82, 2.24) is 5.32 Å². The van der Waals surface area contributed by atoms with Crippen molar-refractivity contribution in [2.24, 2.45) is 0 Å². The third-order valence-electron chi connectivity index (χ3n) is 1.51. The summed E-state index contributed by atoms with van der Waals surface area (Å²) in [6.45, 7) is 0. The fraction of sp³-hybridized carbons (Fsp3) is 0.857. The van der Waals surface area contributed by atoms with Gasteiger partial charge in [0.15, 0.2) is 0 Å². The number of halogens is 3. The van der Waals surface area contributed by atoms with Crippen molar-refractivity contribution < 1.29 is 18.0 Å². The zero-order chi connectivity index (χ0) is 9.61. The standard InChI is InChI=1S/C7H12F3NO/c1-11-6(5-12)3-2-4-7(8,9)10/h5-6,11H,2-4H2,1H3/t6-/m0/s1. The number of nitrogens with one attached hydrogen (secondary N) is 1. The molecule has 0 saturated carbocycles. The van der Waals surface area contributed by atoms with Gasteiger partial charge >= 0.3 is 6.18 Å². The second-order valence-electron chi connectivity index (χ2n) is 2.54. The summed E-state index contributed by atoms with van der Waals surface area (Å²) in [6.07, 6.45) is -4.08. The molecule has 0 fully saturated rings. The van der Waals surface area contributed by atoms with Crippen LogP contribution < -0.4 is 5.32 Å². The van der Waals surface area contributed by atoms with Crippen LogP contribution in [-0.4, -0.2) is 25.6 Å². The lowest BCUT2D eigenvalue weighted by Gasteiger charge is -2.09. The fourth-order valence-electron chi connectivity index (χ4n) is 0.803. The van der Waals surface area contributed by atoms with Crippen molar-refractivity contribution in [1.29, 1.82) is 0 Å². The van der Waals surface area contributed by atoms with Gasteiger partial charge in [-0.15, -0.1) is 0 Å². The first kappa shape index (κ1) is 11.4. The van der Waals surface area contributed by atoms with Crippen molar-refractivity contribution in [2.45, 2.75) is 31.5 Å². The molecule has 1 atom stereocenters. The van der Waals surface area contributed by atoms with Crippen LogP contribution >= 0.6 is 0 Å². The molecule has 5 heteroatoms. The van der Waals surface area contributed by atoms with Crippen LogP contribution in [0.25, 0.3) is 0 Å². The van der Waals surface area contributed by atoms with Crippen LogP contribution in [0, 0.1) is 0 Å². The summed E-state index contributed by atoms with van der Waals surface area (Å²) in [5.41, 5.74) is 0. The minimum absolute atomic E-state index is 0.00620. The van der Waals surface area contributed by atoms with Gasteiger partial charge in [-0.25, -0.2) is 0 Å². The van der Waals surface area contributed by atoms with E-state index in [0.717, 1.165) is 0 Å². The van der Waals surface area contributed by atoms with Crippen LogP contribution in [0.15, 0.2) is 0 Å². The van der Waals surface area contributed by atoms with Gasteiger partial charge in [0.05, 0.1) is 6.04 Å². The van der Waals surface area contributed by atoms with Crippen molar-refractivity contribution in [3.63, 3.8) is 0 Å². The molecular weight excluding hydrogens is 171 g/mol. The van der Waals surface area contributed by atoms with Crippen molar-refractivity contribution in [3.05, 3.63) is 0 Å². The smallest absolute Gasteiger partial charge is 0.311 e. The first-order valence-electron chi connectivity index (χ1n) is 3.69. The molecule has 2 nitrogen and oxygen atoms in total. The number of rotatable bonds is 5. The Labute approximate surface area is 69.1 Å². The predicted molar refractivity (Wildman–Crippen MR) is 38.8 cm³/mol. The Morgan fingerprint density at radius 1 is 1.50 bits per heavy atom. The Bertz CT molecular complexity index is 135. The lowest BCUT2D eigenvalue weighted by atomic mass is 10.1. The fourth-order valence-corrected chi connectivity index (χ4v) is 0.803. The molecule has 0 aromatic carbocycles. The zero-order valence-electron chi connectivity index (χ0n) is 6.82. The first-order valence-corrected chi connectivity index (χ1v) is 3.69. The molecule has 72 valence electrons. The van der Waals surface area contributed by atoms with E-state index >= 15 is 0 Å². The average Bonchev–Trinajstić information content (AvgIpc) is 1.96. The van der Waals surface area contributed by atoms with Gasteiger partial charge in [-0.2, -0.15) is 13.2 Å². The first-order chi connectivity index (χ1) is 5.49. The summed E-state index contributed by atoms with van der Waals surface area (Å²) < 4.78 is 34.8. The van der Waals surface area contributed by atoms with Crippen LogP contribution in [0.4, 0.5) is 13.2 Å². The molecule has 0 aromatic rings. The second-order valence-corrected chi connectivity index (χ2v) is 2.54. The molecule has 0 spiro atoms. The van der Waals surface area contributed by atoms with Gasteiger partial charge < -0.3 is 10.1 Å². The Kier molecular flexibility index (Phi) is 4.89. The molecule has 0 aromatic heterocycles. The Morgan fingerprint density at radius 3 is 2.42 bits per heavy atom. The van der Waals surface area contributed by atoms with Gasteiger partial charge in [0.25, 0.3) is 0 Å². The molecule has 0 bridgehead atoms. The number of aldehydes is 1. The SMILES string of the molecule is CN[C@H](C=O)CCCC(F)(F)F. The van der Waals surface area contributed by atoms with Gasteiger partial charge in [0.2, 0.25) is 0 Å². The molecule has 0 unspecified atom stereocenters. The van der Waals surface area contributed by atoms with E-state index in [-0.39, 0.29) is 12.8 Å². The maximum absolute atomic E-state index is 11.6. The van der Waals surface area contributed by atoms with E-state index in [2.05, 4.69) is 5.32 Å². The summed E-state index contributed by atoms with van der Waals surface area (Å²) in [5.74, 6) is 0. The number of likely N-dealkylation sites (N-methyl/N-ethyl adjacent to an activating group) is 1. The summed E-state index contributed by atoms with van der Waals surface area (Å²) in [4.78, 5) is 10.1. The zero-order valence-corrected chi connectivity index (χ0v) is 6.82. The van der Waals surface area contributed by atoms with Crippen LogP contribution in [-0.2, 0) is 4.79 Å². The second kappa shape index (κ2) is 5.13.